The SMILES string of the molecule is CCCCCNC(=O)c1csc(-c2ccccc2)n1. The minimum Gasteiger partial charge on any atom is -0.351 e. The zero-order chi connectivity index (χ0) is 13.5. The average molecular weight is 274 g/mol. The number of aromatic nitrogens is 1. The molecule has 100 valence electrons. The predicted molar refractivity (Wildman–Crippen MR) is 79.4 cm³/mol. The molecule has 0 saturated carbocycles. The summed E-state index contributed by atoms with van der Waals surface area (Å²) < 4.78 is 0. The molecule has 0 spiro atoms. The van der Waals surface area contributed by atoms with Crippen LogP contribution in [-0.4, -0.2) is 17.4 Å². The second kappa shape index (κ2) is 7.04. The van der Waals surface area contributed by atoms with Crippen molar-refractivity contribution >= 4 is 17.2 Å². The molecule has 0 saturated heterocycles. The molecule has 0 aliphatic heterocycles. The Morgan fingerprint density at radius 2 is 2.05 bits per heavy atom. The number of nitrogens with zero attached hydrogens (tertiary/aromatic N) is 1. The van der Waals surface area contributed by atoms with E-state index in [4.69, 9.17) is 0 Å². The number of benzene rings is 1. The van der Waals surface area contributed by atoms with Crippen molar-refractivity contribution in [2.24, 2.45) is 0 Å². The van der Waals surface area contributed by atoms with Crippen LogP contribution in [0.4, 0.5) is 0 Å². The van der Waals surface area contributed by atoms with E-state index in [-0.39, 0.29) is 5.91 Å². The molecule has 1 aromatic carbocycles. The van der Waals surface area contributed by atoms with Gasteiger partial charge in [0.25, 0.3) is 5.91 Å². The number of unbranched alkanes of at least 4 members (excludes halogenated alkanes) is 2. The maximum atomic E-state index is 11.9. The third-order valence-corrected chi connectivity index (χ3v) is 3.71. The Labute approximate surface area is 117 Å². The second-order valence-electron chi connectivity index (χ2n) is 4.37. The maximum absolute atomic E-state index is 11.9. The lowest BCUT2D eigenvalue weighted by Gasteiger charge is -2.01. The van der Waals surface area contributed by atoms with E-state index in [2.05, 4.69) is 17.2 Å². The highest BCUT2D eigenvalue weighted by Crippen LogP contribution is 2.23. The molecule has 1 aromatic heterocycles. The molecular weight excluding hydrogens is 256 g/mol. The summed E-state index contributed by atoms with van der Waals surface area (Å²) in [6.07, 6.45) is 3.33. The number of amides is 1. The van der Waals surface area contributed by atoms with Crippen molar-refractivity contribution in [3.8, 4) is 10.6 Å². The largest absolute Gasteiger partial charge is 0.351 e. The quantitative estimate of drug-likeness (QED) is 0.815. The third kappa shape index (κ3) is 3.89. The molecule has 3 nitrogen and oxygen atoms in total. The van der Waals surface area contributed by atoms with Gasteiger partial charge in [-0.25, -0.2) is 4.98 Å². The summed E-state index contributed by atoms with van der Waals surface area (Å²) in [4.78, 5) is 16.3. The molecule has 0 fully saturated rings. The number of carbonyl (C=O) groups is 1. The van der Waals surface area contributed by atoms with Crippen molar-refractivity contribution in [2.45, 2.75) is 26.2 Å². The lowest BCUT2D eigenvalue weighted by molar-refractivity contribution is 0.0949. The van der Waals surface area contributed by atoms with Crippen molar-refractivity contribution in [1.82, 2.24) is 10.3 Å². The Bertz CT molecular complexity index is 522. The van der Waals surface area contributed by atoms with Crippen LogP contribution in [0.3, 0.4) is 0 Å². The third-order valence-electron chi connectivity index (χ3n) is 2.82. The normalized spacial score (nSPS) is 10.4. The zero-order valence-electron chi connectivity index (χ0n) is 11.1. The summed E-state index contributed by atoms with van der Waals surface area (Å²) in [6.45, 7) is 2.87. The first kappa shape index (κ1) is 13.7. The average Bonchev–Trinajstić information content (AvgIpc) is 2.94. The molecule has 19 heavy (non-hydrogen) atoms. The van der Waals surface area contributed by atoms with E-state index >= 15 is 0 Å². The Balaban J connectivity index is 1.95. The summed E-state index contributed by atoms with van der Waals surface area (Å²) in [5.41, 5.74) is 1.57. The summed E-state index contributed by atoms with van der Waals surface area (Å²) >= 11 is 1.50. The van der Waals surface area contributed by atoms with Crippen molar-refractivity contribution in [3.05, 3.63) is 41.4 Å². The van der Waals surface area contributed by atoms with E-state index in [1.54, 1.807) is 0 Å². The molecular formula is C15H18N2OS. The van der Waals surface area contributed by atoms with Crippen LogP contribution in [-0.2, 0) is 0 Å². The fraction of sp³-hybridized carbons (Fsp3) is 0.333. The highest BCUT2D eigenvalue weighted by atomic mass is 32.1. The van der Waals surface area contributed by atoms with Gasteiger partial charge in [-0.15, -0.1) is 11.3 Å². The van der Waals surface area contributed by atoms with Crippen molar-refractivity contribution in [3.63, 3.8) is 0 Å². The molecule has 0 aliphatic carbocycles. The van der Waals surface area contributed by atoms with Gasteiger partial charge in [-0.3, -0.25) is 4.79 Å². The minimum atomic E-state index is -0.0745. The molecule has 1 N–H and O–H groups in total. The van der Waals surface area contributed by atoms with Gasteiger partial charge in [0.2, 0.25) is 0 Å². The van der Waals surface area contributed by atoms with Crippen LogP contribution in [0.25, 0.3) is 10.6 Å². The van der Waals surface area contributed by atoms with Crippen LogP contribution in [0.5, 0.6) is 0 Å². The molecule has 0 radical (unpaired) electrons. The van der Waals surface area contributed by atoms with Gasteiger partial charge in [0, 0.05) is 17.5 Å². The smallest absolute Gasteiger partial charge is 0.270 e. The summed E-state index contributed by atoms with van der Waals surface area (Å²) in [7, 11) is 0. The Morgan fingerprint density at radius 1 is 1.26 bits per heavy atom. The van der Waals surface area contributed by atoms with Crippen LogP contribution in [0.1, 0.15) is 36.7 Å². The van der Waals surface area contributed by atoms with Crippen molar-refractivity contribution < 1.29 is 4.79 Å². The van der Waals surface area contributed by atoms with Crippen LogP contribution >= 0.6 is 11.3 Å². The van der Waals surface area contributed by atoms with Gasteiger partial charge in [0.1, 0.15) is 10.7 Å². The monoisotopic (exact) mass is 274 g/mol. The molecule has 2 rings (SSSR count). The van der Waals surface area contributed by atoms with Gasteiger partial charge in [-0.2, -0.15) is 0 Å². The van der Waals surface area contributed by atoms with E-state index in [1.165, 1.54) is 11.3 Å². The predicted octanol–water partition coefficient (Wildman–Crippen LogP) is 3.73. The van der Waals surface area contributed by atoms with Crippen molar-refractivity contribution in [1.29, 1.82) is 0 Å². The van der Waals surface area contributed by atoms with Gasteiger partial charge in [0.05, 0.1) is 0 Å². The van der Waals surface area contributed by atoms with Crippen LogP contribution < -0.4 is 5.32 Å². The number of nitrogens with one attached hydrogen (secondary N) is 1. The Kier molecular flexibility index (Phi) is 5.10. The first-order valence-corrected chi connectivity index (χ1v) is 7.48. The van der Waals surface area contributed by atoms with E-state index in [0.29, 0.717) is 5.69 Å². The fourth-order valence-electron chi connectivity index (χ4n) is 1.76. The fourth-order valence-corrected chi connectivity index (χ4v) is 2.57. The second-order valence-corrected chi connectivity index (χ2v) is 5.23. The number of rotatable bonds is 6. The first-order valence-electron chi connectivity index (χ1n) is 6.60. The summed E-state index contributed by atoms with van der Waals surface area (Å²) in [6, 6.07) is 9.92. The summed E-state index contributed by atoms with van der Waals surface area (Å²) in [5, 5.41) is 5.61. The maximum Gasteiger partial charge on any atom is 0.270 e. The minimum absolute atomic E-state index is 0.0745. The van der Waals surface area contributed by atoms with Crippen LogP contribution in [0, 0.1) is 0 Å². The molecule has 4 heteroatoms. The van der Waals surface area contributed by atoms with Gasteiger partial charge in [-0.05, 0) is 6.42 Å². The number of hydrogen-bond acceptors (Lipinski definition) is 3. The zero-order valence-corrected chi connectivity index (χ0v) is 11.9. The van der Waals surface area contributed by atoms with Crippen LogP contribution in [0.2, 0.25) is 0 Å². The lowest BCUT2D eigenvalue weighted by atomic mass is 10.2. The number of carbonyl (C=O) groups excluding carboxylic acids is 1. The molecule has 0 aliphatic rings. The molecule has 0 atom stereocenters. The standard InChI is InChI=1S/C15H18N2OS/c1-2-3-7-10-16-14(18)13-11-19-15(17-13)12-8-5-4-6-9-12/h4-6,8-9,11H,2-3,7,10H2,1H3,(H,16,18). The van der Waals surface area contributed by atoms with Gasteiger partial charge in [0.15, 0.2) is 0 Å². The van der Waals surface area contributed by atoms with E-state index in [1.807, 2.05) is 35.7 Å². The first-order chi connectivity index (χ1) is 9.31. The van der Waals surface area contributed by atoms with E-state index in [0.717, 1.165) is 36.4 Å². The highest BCUT2D eigenvalue weighted by molar-refractivity contribution is 7.13. The molecule has 1 amide bonds. The Hall–Kier alpha value is -1.68. The van der Waals surface area contributed by atoms with Gasteiger partial charge in [-0.1, -0.05) is 50.1 Å². The van der Waals surface area contributed by atoms with Gasteiger partial charge < -0.3 is 5.32 Å². The molecule has 2 aromatic rings. The molecule has 1 heterocycles. The highest BCUT2D eigenvalue weighted by Gasteiger charge is 2.10. The Morgan fingerprint density at radius 3 is 2.79 bits per heavy atom. The molecule has 0 bridgehead atoms. The van der Waals surface area contributed by atoms with E-state index in [9.17, 15) is 4.79 Å². The number of thiazole rings is 1. The summed E-state index contributed by atoms with van der Waals surface area (Å²) in [5.74, 6) is -0.0745. The lowest BCUT2D eigenvalue weighted by Crippen LogP contribution is -2.24. The number of hydrogen-bond donors (Lipinski definition) is 1. The molecule has 0 unspecified atom stereocenters. The van der Waals surface area contributed by atoms with Crippen LogP contribution in [0.15, 0.2) is 35.7 Å². The van der Waals surface area contributed by atoms with E-state index < -0.39 is 0 Å². The van der Waals surface area contributed by atoms with Crippen molar-refractivity contribution in [2.75, 3.05) is 6.54 Å². The van der Waals surface area contributed by atoms with Gasteiger partial charge >= 0.3 is 0 Å². The topological polar surface area (TPSA) is 42.0 Å².